The number of hydrogen-bond acceptors (Lipinski definition) is 4. The summed E-state index contributed by atoms with van der Waals surface area (Å²) in [5, 5.41) is 11.3. The van der Waals surface area contributed by atoms with E-state index in [1.54, 1.807) is 12.2 Å². The van der Waals surface area contributed by atoms with Crippen LogP contribution in [0.5, 0.6) is 0 Å². The minimum atomic E-state index is -1.34. The molecule has 0 radical (unpaired) electrons. The predicted octanol–water partition coefficient (Wildman–Crippen LogP) is 2.47. The summed E-state index contributed by atoms with van der Waals surface area (Å²) in [6.07, 6.45) is 4.53. The minimum absolute atomic E-state index is 0.0456. The molecule has 104 valence electrons. The number of carbonyl (C=O) groups is 1. The SMILES string of the molecule is COC1(C(C)=O)C=CC(c2ccccc2)C([N+](=O)[O-])=C1. The Balaban J connectivity index is 2.50. The van der Waals surface area contributed by atoms with Crippen LogP contribution in [0.4, 0.5) is 0 Å². The highest BCUT2D eigenvalue weighted by Gasteiger charge is 2.40. The van der Waals surface area contributed by atoms with Gasteiger partial charge in [-0.3, -0.25) is 14.9 Å². The van der Waals surface area contributed by atoms with Crippen molar-refractivity contribution in [3.05, 3.63) is 69.9 Å². The Kier molecular flexibility index (Phi) is 3.81. The fourth-order valence-electron chi connectivity index (χ4n) is 2.29. The van der Waals surface area contributed by atoms with Crippen LogP contribution in [0.3, 0.4) is 0 Å². The highest BCUT2D eigenvalue weighted by Crippen LogP contribution is 2.34. The molecule has 0 fully saturated rings. The summed E-state index contributed by atoms with van der Waals surface area (Å²) in [4.78, 5) is 22.6. The monoisotopic (exact) mass is 273 g/mol. The lowest BCUT2D eigenvalue weighted by Crippen LogP contribution is -2.38. The second-order valence-corrected chi connectivity index (χ2v) is 4.63. The third kappa shape index (κ3) is 2.40. The van der Waals surface area contributed by atoms with Crippen LogP contribution in [-0.4, -0.2) is 23.4 Å². The summed E-state index contributed by atoms with van der Waals surface area (Å²) < 4.78 is 5.19. The van der Waals surface area contributed by atoms with Gasteiger partial charge in [-0.2, -0.15) is 0 Å². The summed E-state index contributed by atoms with van der Waals surface area (Å²) in [5.74, 6) is -0.768. The molecule has 1 aliphatic rings. The minimum Gasteiger partial charge on any atom is -0.362 e. The van der Waals surface area contributed by atoms with E-state index < -0.39 is 16.4 Å². The Bertz CT molecular complexity index is 591. The number of nitro groups is 1. The van der Waals surface area contributed by atoms with Gasteiger partial charge in [-0.15, -0.1) is 0 Å². The molecule has 1 aliphatic carbocycles. The van der Waals surface area contributed by atoms with Gasteiger partial charge in [0.15, 0.2) is 11.4 Å². The number of ketones is 1. The molecule has 0 saturated heterocycles. The second-order valence-electron chi connectivity index (χ2n) is 4.63. The molecular weight excluding hydrogens is 258 g/mol. The van der Waals surface area contributed by atoms with Crippen LogP contribution in [0.2, 0.25) is 0 Å². The van der Waals surface area contributed by atoms with Gasteiger partial charge in [0.1, 0.15) is 0 Å². The van der Waals surface area contributed by atoms with E-state index in [0.29, 0.717) is 0 Å². The van der Waals surface area contributed by atoms with Gasteiger partial charge in [0.05, 0.1) is 10.8 Å². The fraction of sp³-hybridized carbons (Fsp3) is 0.267. The van der Waals surface area contributed by atoms with Crippen LogP contribution in [0.15, 0.2) is 54.3 Å². The molecule has 0 spiro atoms. The third-order valence-corrected chi connectivity index (χ3v) is 3.47. The van der Waals surface area contributed by atoms with Crippen molar-refractivity contribution in [1.82, 2.24) is 0 Å². The van der Waals surface area contributed by atoms with Crippen molar-refractivity contribution in [2.45, 2.75) is 18.4 Å². The fourth-order valence-corrected chi connectivity index (χ4v) is 2.29. The van der Waals surface area contributed by atoms with Crippen LogP contribution in [-0.2, 0) is 9.53 Å². The van der Waals surface area contributed by atoms with E-state index in [1.807, 2.05) is 30.3 Å². The van der Waals surface area contributed by atoms with E-state index >= 15 is 0 Å². The maximum absolute atomic E-state index is 11.7. The van der Waals surface area contributed by atoms with Gasteiger partial charge < -0.3 is 4.74 Å². The van der Waals surface area contributed by atoms with Gasteiger partial charge in [0, 0.05) is 13.2 Å². The normalized spacial score (nSPS) is 25.1. The number of carbonyl (C=O) groups excluding carboxylic acids is 1. The second kappa shape index (κ2) is 5.38. The lowest BCUT2D eigenvalue weighted by Gasteiger charge is -2.27. The average molecular weight is 273 g/mol. The first-order valence-electron chi connectivity index (χ1n) is 6.18. The molecule has 0 amide bonds. The molecule has 0 N–H and O–H groups in total. The first-order chi connectivity index (χ1) is 9.50. The van der Waals surface area contributed by atoms with E-state index in [0.717, 1.165) is 5.56 Å². The molecule has 0 heterocycles. The van der Waals surface area contributed by atoms with Crippen molar-refractivity contribution in [2.24, 2.45) is 0 Å². The van der Waals surface area contributed by atoms with Gasteiger partial charge in [-0.05, 0) is 18.6 Å². The van der Waals surface area contributed by atoms with Crippen molar-refractivity contribution in [1.29, 1.82) is 0 Å². The van der Waals surface area contributed by atoms with E-state index in [1.165, 1.54) is 20.1 Å². The Morgan fingerprint density at radius 3 is 2.50 bits per heavy atom. The summed E-state index contributed by atoms with van der Waals surface area (Å²) in [6, 6.07) is 9.13. The van der Waals surface area contributed by atoms with Crippen molar-refractivity contribution in [3.8, 4) is 0 Å². The molecule has 1 aromatic rings. The lowest BCUT2D eigenvalue weighted by molar-refractivity contribution is -0.430. The zero-order valence-corrected chi connectivity index (χ0v) is 11.3. The summed E-state index contributed by atoms with van der Waals surface area (Å²) >= 11 is 0. The number of nitrogens with zero attached hydrogens (tertiary/aromatic N) is 1. The molecule has 2 unspecified atom stereocenters. The Morgan fingerprint density at radius 2 is 2.00 bits per heavy atom. The number of hydrogen-bond donors (Lipinski definition) is 0. The first-order valence-corrected chi connectivity index (χ1v) is 6.18. The molecule has 5 heteroatoms. The molecule has 0 saturated carbocycles. The van der Waals surface area contributed by atoms with E-state index in [-0.39, 0.29) is 11.5 Å². The van der Waals surface area contributed by atoms with E-state index in [9.17, 15) is 14.9 Å². The van der Waals surface area contributed by atoms with Crippen LogP contribution in [0, 0.1) is 10.1 Å². The first kappa shape index (κ1) is 14.1. The average Bonchev–Trinajstić information content (AvgIpc) is 2.47. The molecular formula is C15H15NO4. The molecule has 0 aliphatic heterocycles. The number of rotatable bonds is 4. The van der Waals surface area contributed by atoms with Gasteiger partial charge in [-0.25, -0.2) is 0 Å². The van der Waals surface area contributed by atoms with Crippen molar-refractivity contribution >= 4 is 5.78 Å². The molecule has 1 aromatic carbocycles. The number of Topliss-reactive ketones (excluding diaryl/α,β-unsaturated/α-hetero) is 1. The largest absolute Gasteiger partial charge is 0.362 e. The number of allylic oxidation sites excluding steroid dienone is 1. The third-order valence-electron chi connectivity index (χ3n) is 3.47. The molecule has 2 rings (SSSR count). The zero-order chi connectivity index (χ0) is 14.8. The van der Waals surface area contributed by atoms with Gasteiger partial charge in [0.25, 0.3) is 5.70 Å². The molecule has 0 aromatic heterocycles. The predicted molar refractivity (Wildman–Crippen MR) is 73.8 cm³/mol. The smallest absolute Gasteiger partial charge is 0.257 e. The van der Waals surface area contributed by atoms with Gasteiger partial charge in [-0.1, -0.05) is 36.4 Å². The molecule has 2 atom stereocenters. The quantitative estimate of drug-likeness (QED) is 0.480. The lowest BCUT2D eigenvalue weighted by atomic mass is 9.84. The van der Waals surface area contributed by atoms with Crippen LogP contribution in [0.1, 0.15) is 18.4 Å². The van der Waals surface area contributed by atoms with Crippen molar-refractivity contribution in [3.63, 3.8) is 0 Å². The maximum atomic E-state index is 11.7. The summed E-state index contributed by atoms with van der Waals surface area (Å²) in [5.41, 5.74) is -0.580. The van der Waals surface area contributed by atoms with Crippen LogP contribution >= 0.6 is 0 Å². The van der Waals surface area contributed by atoms with Gasteiger partial charge in [0.2, 0.25) is 0 Å². The summed E-state index contributed by atoms with van der Waals surface area (Å²) in [7, 11) is 1.36. The Labute approximate surface area is 116 Å². The number of benzene rings is 1. The zero-order valence-electron chi connectivity index (χ0n) is 11.3. The van der Waals surface area contributed by atoms with Gasteiger partial charge >= 0.3 is 0 Å². The standard InChI is InChI=1S/C15H15NO4/c1-11(17)15(20-2)9-8-13(14(10-15)16(18)19)12-6-4-3-5-7-12/h3-10,13H,1-2H3. The van der Waals surface area contributed by atoms with E-state index in [2.05, 4.69) is 0 Å². The number of methoxy groups -OCH3 is 1. The highest BCUT2D eigenvalue weighted by atomic mass is 16.6. The molecule has 5 nitrogen and oxygen atoms in total. The molecule has 20 heavy (non-hydrogen) atoms. The molecule has 0 bridgehead atoms. The van der Waals surface area contributed by atoms with Crippen molar-refractivity contribution < 1.29 is 14.5 Å². The topological polar surface area (TPSA) is 69.4 Å². The maximum Gasteiger partial charge on any atom is 0.257 e. The van der Waals surface area contributed by atoms with Crippen LogP contribution < -0.4 is 0 Å². The van der Waals surface area contributed by atoms with Crippen molar-refractivity contribution in [2.75, 3.05) is 7.11 Å². The Hall–Kier alpha value is -2.27. The highest BCUT2D eigenvalue weighted by molar-refractivity contribution is 5.90. The van der Waals surface area contributed by atoms with E-state index in [4.69, 9.17) is 4.74 Å². The number of ether oxygens (including phenoxy) is 1. The van der Waals surface area contributed by atoms with Crippen LogP contribution in [0.25, 0.3) is 0 Å². The summed E-state index contributed by atoms with van der Waals surface area (Å²) in [6.45, 7) is 1.35. The Morgan fingerprint density at radius 1 is 1.35 bits per heavy atom.